The van der Waals surface area contributed by atoms with Gasteiger partial charge in [0.2, 0.25) is 0 Å². The summed E-state index contributed by atoms with van der Waals surface area (Å²) < 4.78 is 24.6. The van der Waals surface area contributed by atoms with E-state index in [9.17, 15) is 0 Å². The van der Waals surface area contributed by atoms with Crippen LogP contribution in [0.3, 0.4) is 0 Å². The Morgan fingerprint density at radius 3 is 2.09 bits per heavy atom. The molecule has 0 aliphatic carbocycles. The zero-order valence-electron chi connectivity index (χ0n) is 20.0. The molecule has 0 amide bonds. The molecule has 1 unspecified atom stereocenters. The lowest BCUT2D eigenvalue weighted by molar-refractivity contribution is 0.168. The van der Waals surface area contributed by atoms with E-state index in [-0.39, 0.29) is 6.10 Å². The van der Waals surface area contributed by atoms with Crippen LogP contribution in [0.15, 0.2) is 97.1 Å². The summed E-state index contributed by atoms with van der Waals surface area (Å²) in [6.07, 6.45) is 1.71. The fourth-order valence-electron chi connectivity index (χ4n) is 4.30. The summed E-state index contributed by atoms with van der Waals surface area (Å²) in [6, 6.07) is 32.5. The first kappa shape index (κ1) is 22.9. The Kier molecular flexibility index (Phi) is 7.18. The highest BCUT2D eigenvalue weighted by Crippen LogP contribution is 2.41. The van der Waals surface area contributed by atoms with Gasteiger partial charge in [-0.25, -0.2) is 0 Å². The first-order valence-electron chi connectivity index (χ1n) is 12.2. The molecule has 0 aromatic heterocycles. The molecule has 0 fully saturated rings. The third-order valence-electron chi connectivity index (χ3n) is 6.11. The van der Waals surface area contributed by atoms with Crippen LogP contribution in [0.25, 0.3) is 0 Å². The summed E-state index contributed by atoms with van der Waals surface area (Å²) in [5, 5.41) is 0. The molecule has 1 aliphatic heterocycles. The van der Waals surface area contributed by atoms with E-state index in [1.54, 1.807) is 0 Å². The van der Waals surface area contributed by atoms with E-state index in [0.29, 0.717) is 19.8 Å². The quantitative estimate of drug-likeness (QED) is 0.259. The Balaban J connectivity index is 1.34. The molecule has 1 atom stereocenters. The van der Waals surface area contributed by atoms with Crippen LogP contribution in [0.2, 0.25) is 0 Å². The minimum absolute atomic E-state index is 0.103. The fourth-order valence-corrected chi connectivity index (χ4v) is 4.30. The molecule has 0 N–H and O–H groups in total. The predicted octanol–water partition coefficient (Wildman–Crippen LogP) is 7.31. The standard InChI is InChI=1S/C31H30O4/c1-2-32-26-16-17-28(31(20-26)34-22-24-11-7-4-8-12-24)29-18-14-25-13-15-27(19-30(25)35-29)33-21-23-9-5-3-6-10-23/h3-13,15-17,19-20,29H,2,14,18,21-22H2,1H3. The number of hydrogen-bond acceptors (Lipinski definition) is 4. The van der Waals surface area contributed by atoms with E-state index >= 15 is 0 Å². The Bertz CT molecular complexity index is 1240. The second kappa shape index (κ2) is 11.0. The predicted molar refractivity (Wildman–Crippen MR) is 137 cm³/mol. The third kappa shape index (κ3) is 5.78. The summed E-state index contributed by atoms with van der Waals surface area (Å²) in [7, 11) is 0. The molecule has 5 rings (SSSR count). The minimum atomic E-state index is -0.103. The van der Waals surface area contributed by atoms with Crippen LogP contribution in [0.5, 0.6) is 23.0 Å². The zero-order chi connectivity index (χ0) is 23.9. The topological polar surface area (TPSA) is 36.9 Å². The smallest absolute Gasteiger partial charge is 0.130 e. The van der Waals surface area contributed by atoms with Crippen molar-refractivity contribution in [3.8, 4) is 23.0 Å². The molecule has 0 bridgehead atoms. The first-order valence-corrected chi connectivity index (χ1v) is 12.2. The van der Waals surface area contributed by atoms with Crippen LogP contribution in [0, 0.1) is 0 Å². The zero-order valence-corrected chi connectivity index (χ0v) is 20.0. The lowest BCUT2D eigenvalue weighted by atomic mass is 9.96. The van der Waals surface area contributed by atoms with Gasteiger partial charge in [0.05, 0.1) is 6.61 Å². The molecule has 0 spiro atoms. The van der Waals surface area contributed by atoms with E-state index in [0.717, 1.165) is 52.5 Å². The third-order valence-corrected chi connectivity index (χ3v) is 6.11. The Labute approximate surface area is 207 Å². The van der Waals surface area contributed by atoms with E-state index in [1.807, 2.05) is 67.6 Å². The van der Waals surface area contributed by atoms with Gasteiger partial charge in [-0.05, 0) is 54.7 Å². The van der Waals surface area contributed by atoms with Gasteiger partial charge in [0, 0.05) is 17.7 Å². The van der Waals surface area contributed by atoms with Gasteiger partial charge in [0.1, 0.15) is 42.3 Å². The van der Waals surface area contributed by atoms with Gasteiger partial charge in [-0.3, -0.25) is 0 Å². The molecule has 1 aliphatic rings. The number of ether oxygens (including phenoxy) is 4. The molecule has 4 nitrogen and oxygen atoms in total. The van der Waals surface area contributed by atoms with Gasteiger partial charge >= 0.3 is 0 Å². The van der Waals surface area contributed by atoms with E-state index in [2.05, 4.69) is 36.4 Å². The van der Waals surface area contributed by atoms with Crippen molar-refractivity contribution in [1.29, 1.82) is 0 Å². The van der Waals surface area contributed by atoms with Gasteiger partial charge in [-0.15, -0.1) is 0 Å². The normalized spacial score (nSPS) is 14.5. The van der Waals surface area contributed by atoms with Crippen molar-refractivity contribution in [2.24, 2.45) is 0 Å². The molecule has 4 aromatic carbocycles. The maximum absolute atomic E-state index is 6.50. The molecule has 4 aromatic rings. The van der Waals surface area contributed by atoms with Crippen LogP contribution in [0.1, 0.15) is 41.7 Å². The summed E-state index contributed by atoms with van der Waals surface area (Å²) in [5.41, 5.74) is 4.49. The van der Waals surface area contributed by atoms with Crippen LogP contribution in [0.4, 0.5) is 0 Å². The molecular weight excluding hydrogens is 436 g/mol. The summed E-state index contributed by atoms with van der Waals surface area (Å²) in [5.74, 6) is 3.27. The van der Waals surface area contributed by atoms with Crippen molar-refractivity contribution in [3.63, 3.8) is 0 Å². The Morgan fingerprint density at radius 1 is 0.714 bits per heavy atom. The molecule has 4 heteroatoms. The van der Waals surface area contributed by atoms with Crippen LogP contribution < -0.4 is 18.9 Å². The van der Waals surface area contributed by atoms with Gasteiger partial charge in [0.25, 0.3) is 0 Å². The molecule has 0 saturated carbocycles. The Morgan fingerprint density at radius 2 is 1.37 bits per heavy atom. The van der Waals surface area contributed by atoms with Crippen LogP contribution >= 0.6 is 0 Å². The highest BCUT2D eigenvalue weighted by atomic mass is 16.5. The lowest BCUT2D eigenvalue weighted by Gasteiger charge is -2.28. The van der Waals surface area contributed by atoms with Crippen molar-refractivity contribution >= 4 is 0 Å². The lowest BCUT2D eigenvalue weighted by Crippen LogP contribution is -2.16. The van der Waals surface area contributed by atoms with Gasteiger partial charge in [-0.1, -0.05) is 66.7 Å². The van der Waals surface area contributed by atoms with Crippen LogP contribution in [-0.4, -0.2) is 6.61 Å². The second-order valence-electron chi connectivity index (χ2n) is 8.60. The number of rotatable bonds is 9. The maximum atomic E-state index is 6.50. The fraction of sp³-hybridized carbons (Fsp3) is 0.226. The van der Waals surface area contributed by atoms with Gasteiger partial charge in [0.15, 0.2) is 0 Å². The molecule has 35 heavy (non-hydrogen) atoms. The number of benzene rings is 4. The van der Waals surface area contributed by atoms with Crippen LogP contribution in [-0.2, 0) is 19.6 Å². The second-order valence-corrected chi connectivity index (χ2v) is 8.60. The summed E-state index contributed by atoms with van der Waals surface area (Å²) in [4.78, 5) is 0. The number of aryl methyl sites for hydroxylation is 1. The minimum Gasteiger partial charge on any atom is -0.494 e. The van der Waals surface area contributed by atoms with E-state index in [4.69, 9.17) is 18.9 Å². The number of hydrogen-bond donors (Lipinski definition) is 0. The van der Waals surface area contributed by atoms with Gasteiger partial charge < -0.3 is 18.9 Å². The monoisotopic (exact) mass is 466 g/mol. The first-order chi connectivity index (χ1) is 17.3. The number of fused-ring (bicyclic) bond motifs is 1. The molecule has 178 valence electrons. The molecule has 1 heterocycles. The summed E-state index contributed by atoms with van der Waals surface area (Å²) in [6.45, 7) is 3.61. The van der Waals surface area contributed by atoms with Crippen molar-refractivity contribution in [2.75, 3.05) is 6.61 Å². The molecule has 0 saturated heterocycles. The molecule has 0 radical (unpaired) electrons. The summed E-state index contributed by atoms with van der Waals surface area (Å²) >= 11 is 0. The van der Waals surface area contributed by atoms with Crippen molar-refractivity contribution in [2.45, 2.75) is 39.1 Å². The van der Waals surface area contributed by atoms with Crippen molar-refractivity contribution < 1.29 is 18.9 Å². The van der Waals surface area contributed by atoms with E-state index in [1.165, 1.54) is 5.56 Å². The van der Waals surface area contributed by atoms with Crippen molar-refractivity contribution in [1.82, 2.24) is 0 Å². The Hall–Kier alpha value is -3.92. The highest BCUT2D eigenvalue weighted by molar-refractivity contribution is 5.46. The SMILES string of the molecule is CCOc1ccc(C2CCc3ccc(OCc4ccccc4)cc3O2)c(OCc2ccccc2)c1. The average Bonchev–Trinajstić information content (AvgIpc) is 2.92. The average molecular weight is 467 g/mol. The maximum Gasteiger partial charge on any atom is 0.130 e. The van der Waals surface area contributed by atoms with Gasteiger partial charge in [-0.2, -0.15) is 0 Å². The molecular formula is C31H30O4. The van der Waals surface area contributed by atoms with Crippen molar-refractivity contribution in [3.05, 3.63) is 119 Å². The van der Waals surface area contributed by atoms with E-state index < -0.39 is 0 Å². The largest absolute Gasteiger partial charge is 0.494 e. The highest BCUT2D eigenvalue weighted by Gasteiger charge is 2.25.